The van der Waals surface area contributed by atoms with Crippen LogP contribution in [0.4, 0.5) is 0 Å². The Morgan fingerprint density at radius 3 is 2.24 bits per heavy atom. The van der Waals surface area contributed by atoms with Gasteiger partial charge in [-0.25, -0.2) is 4.57 Å². The number of phosphoric acid groups is 1. The summed E-state index contributed by atoms with van der Waals surface area (Å²) in [6, 6.07) is -0.969. The molecule has 0 aromatic carbocycles. The van der Waals surface area contributed by atoms with Gasteiger partial charge in [0.05, 0.1) is 6.61 Å². The zero-order chi connectivity index (χ0) is 19.6. The number of carbonyl (C=O) groups is 2. The minimum absolute atomic E-state index is 0.299. The van der Waals surface area contributed by atoms with Gasteiger partial charge < -0.3 is 41.3 Å². The van der Waals surface area contributed by atoms with Gasteiger partial charge in [0.2, 0.25) is 5.78 Å². The lowest BCUT2D eigenvalue weighted by Gasteiger charge is -2.22. The van der Waals surface area contributed by atoms with E-state index >= 15 is 0 Å². The summed E-state index contributed by atoms with van der Waals surface area (Å²) < 4.78 is 19.0. The summed E-state index contributed by atoms with van der Waals surface area (Å²) in [5.41, 5.74) is 10.8. The molecule has 0 aromatic rings. The summed E-state index contributed by atoms with van der Waals surface area (Å²) in [6.45, 7) is -1.48. The lowest BCUT2D eigenvalue weighted by molar-refractivity contribution is -0.156. The first kappa shape index (κ1) is 24.1. The Bertz CT molecular complexity index is 471. The van der Waals surface area contributed by atoms with Crippen LogP contribution in [0.2, 0.25) is 0 Å². The number of aliphatic hydroxyl groups is 3. The van der Waals surface area contributed by atoms with E-state index in [9.17, 15) is 29.5 Å². The molecular weight excluding hydrogens is 363 g/mol. The Kier molecular flexibility index (Phi) is 11.2. The highest BCUT2D eigenvalue weighted by Gasteiger charge is 2.32. The molecule has 0 saturated heterocycles. The van der Waals surface area contributed by atoms with Gasteiger partial charge in [0.15, 0.2) is 6.61 Å². The fourth-order valence-corrected chi connectivity index (χ4v) is 1.98. The molecule has 0 unspecified atom stereocenters. The molecule has 0 heterocycles. The van der Waals surface area contributed by atoms with E-state index in [0.717, 1.165) is 0 Å². The molecule has 148 valence electrons. The van der Waals surface area contributed by atoms with Gasteiger partial charge in [0, 0.05) is 0 Å². The second kappa shape index (κ2) is 11.6. The van der Waals surface area contributed by atoms with Crippen LogP contribution in [0, 0.1) is 0 Å². The van der Waals surface area contributed by atoms with Crippen molar-refractivity contribution in [2.75, 3.05) is 19.8 Å². The van der Waals surface area contributed by atoms with Crippen LogP contribution in [0.1, 0.15) is 19.3 Å². The van der Waals surface area contributed by atoms with Crippen molar-refractivity contribution in [2.24, 2.45) is 11.5 Å². The van der Waals surface area contributed by atoms with Gasteiger partial charge in [0.25, 0.3) is 0 Å². The zero-order valence-corrected chi connectivity index (χ0v) is 14.3. The Morgan fingerprint density at radius 1 is 1.12 bits per heavy atom. The SMILES string of the molecule is NCCCC[C@H](N)C(=O)OCC(=O)[C@@H](O)[C@H](O)[C@H](O)COP(=O)(O)O. The molecule has 0 rings (SSSR count). The summed E-state index contributed by atoms with van der Waals surface area (Å²) in [7, 11) is -4.89. The van der Waals surface area contributed by atoms with Crippen molar-refractivity contribution in [1.82, 2.24) is 0 Å². The normalized spacial score (nSPS) is 16.8. The van der Waals surface area contributed by atoms with Gasteiger partial charge in [-0.05, 0) is 19.4 Å². The quantitative estimate of drug-likeness (QED) is 0.0938. The van der Waals surface area contributed by atoms with Crippen molar-refractivity contribution < 1.29 is 48.5 Å². The highest BCUT2D eigenvalue weighted by atomic mass is 31.2. The average Bonchev–Trinajstić information content (AvgIpc) is 2.55. The maximum absolute atomic E-state index is 11.6. The number of unbranched alkanes of at least 4 members (excludes halogenated alkanes) is 1. The molecule has 12 nitrogen and oxygen atoms in total. The van der Waals surface area contributed by atoms with Crippen molar-refractivity contribution in [2.45, 2.75) is 43.6 Å². The van der Waals surface area contributed by atoms with Gasteiger partial charge >= 0.3 is 13.8 Å². The number of carbonyl (C=O) groups excluding carboxylic acids is 2. The largest absolute Gasteiger partial charge is 0.469 e. The van der Waals surface area contributed by atoms with E-state index in [1.54, 1.807) is 0 Å². The molecular formula is C12H25N2O10P. The number of hydrogen-bond donors (Lipinski definition) is 7. The van der Waals surface area contributed by atoms with Gasteiger partial charge in [0.1, 0.15) is 24.4 Å². The van der Waals surface area contributed by atoms with Crippen molar-refractivity contribution >= 4 is 19.6 Å². The molecule has 0 saturated carbocycles. The smallest absolute Gasteiger partial charge is 0.456 e. The molecule has 0 aliphatic heterocycles. The molecule has 0 aliphatic carbocycles. The molecule has 0 amide bonds. The molecule has 0 radical (unpaired) electrons. The van der Waals surface area contributed by atoms with Crippen LogP contribution < -0.4 is 11.5 Å². The van der Waals surface area contributed by atoms with Crippen LogP contribution in [0.5, 0.6) is 0 Å². The summed E-state index contributed by atoms with van der Waals surface area (Å²) in [4.78, 5) is 40.1. The van der Waals surface area contributed by atoms with Gasteiger partial charge in [-0.15, -0.1) is 0 Å². The Hall–Kier alpha value is -0.950. The standard InChI is InChI=1S/C12H25N2O10P/c13-4-2-1-3-7(14)12(19)23-5-8(15)10(17)11(18)9(16)6-24-25(20,21)22/h7,9-11,16-18H,1-6,13-14H2,(H2,20,21,22)/t7-,9+,10+,11+/m0/s1. The second-order valence-corrected chi connectivity index (χ2v) is 6.49. The van der Waals surface area contributed by atoms with Crippen molar-refractivity contribution in [3.63, 3.8) is 0 Å². The monoisotopic (exact) mass is 388 g/mol. The van der Waals surface area contributed by atoms with E-state index in [1.165, 1.54) is 0 Å². The number of ether oxygens (including phenoxy) is 1. The third-order valence-corrected chi connectivity index (χ3v) is 3.58. The molecule has 0 spiro atoms. The van der Waals surface area contributed by atoms with E-state index < -0.39 is 57.1 Å². The number of Topliss-reactive ketones (excluding diaryl/α,β-unsaturated/α-hetero) is 1. The highest BCUT2D eigenvalue weighted by molar-refractivity contribution is 7.46. The zero-order valence-electron chi connectivity index (χ0n) is 13.4. The van der Waals surface area contributed by atoms with E-state index in [0.29, 0.717) is 25.8 Å². The number of aliphatic hydroxyl groups excluding tert-OH is 3. The van der Waals surface area contributed by atoms with Crippen LogP contribution in [0.3, 0.4) is 0 Å². The Morgan fingerprint density at radius 2 is 1.72 bits per heavy atom. The lowest BCUT2D eigenvalue weighted by Crippen LogP contribution is -2.46. The van der Waals surface area contributed by atoms with Crippen LogP contribution in [-0.2, 0) is 23.4 Å². The molecule has 0 aliphatic rings. The third-order valence-electron chi connectivity index (χ3n) is 3.09. The van der Waals surface area contributed by atoms with Gasteiger partial charge in [-0.1, -0.05) is 6.42 Å². The van der Waals surface area contributed by atoms with Crippen LogP contribution in [0.15, 0.2) is 0 Å². The molecule has 0 fully saturated rings. The van der Waals surface area contributed by atoms with E-state index in [4.69, 9.17) is 21.3 Å². The van der Waals surface area contributed by atoms with Crippen molar-refractivity contribution in [3.8, 4) is 0 Å². The van der Waals surface area contributed by atoms with Gasteiger partial charge in [-0.3, -0.25) is 14.1 Å². The average molecular weight is 388 g/mol. The number of rotatable bonds is 13. The Balaban J connectivity index is 4.31. The number of hydrogen-bond acceptors (Lipinski definition) is 10. The van der Waals surface area contributed by atoms with E-state index in [-0.39, 0.29) is 0 Å². The number of nitrogens with two attached hydrogens (primary N) is 2. The third kappa shape index (κ3) is 10.6. The first-order valence-electron chi connectivity index (χ1n) is 7.39. The number of phosphoric ester groups is 1. The maximum atomic E-state index is 11.6. The molecule has 0 bridgehead atoms. The lowest BCUT2D eigenvalue weighted by atomic mass is 10.1. The summed E-state index contributed by atoms with van der Waals surface area (Å²) in [6.07, 6.45) is -4.66. The first-order valence-corrected chi connectivity index (χ1v) is 8.92. The van der Waals surface area contributed by atoms with Crippen molar-refractivity contribution in [3.05, 3.63) is 0 Å². The minimum Gasteiger partial charge on any atom is -0.456 e. The van der Waals surface area contributed by atoms with Crippen LogP contribution in [-0.4, -0.2) is 81.0 Å². The van der Waals surface area contributed by atoms with E-state index in [2.05, 4.69) is 9.26 Å². The van der Waals surface area contributed by atoms with Crippen LogP contribution in [0.25, 0.3) is 0 Å². The second-order valence-electron chi connectivity index (χ2n) is 5.25. The van der Waals surface area contributed by atoms with Crippen LogP contribution >= 0.6 is 7.82 Å². The fraction of sp³-hybridized carbons (Fsp3) is 0.833. The molecule has 4 atom stereocenters. The predicted octanol–water partition coefficient (Wildman–Crippen LogP) is -3.25. The van der Waals surface area contributed by atoms with Crippen molar-refractivity contribution in [1.29, 1.82) is 0 Å². The summed E-state index contributed by atoms with van der Waals surface area (Å²) in [5.74, 6) is -2.01. The topological polar surface area (TPSA) is 223 Å². The molecule has 9 N–H and O–H groups in total. The van der Waals surface area contributed by atoms with E-state index in [1.807, 2.05) is 0 Å². The molecule has 13 heteroatoms. The predicted molar refractivity (Wildman–Crippen MR) is 82.9 cm³/mol. The Labute approximate surface area is 144 Å². The molecule has 0 aromatic heterocycles. The number of ketones is 1. The first-order chi connectivity index (χ1) is 11.5. The fourth-order valence-electron chi connectivity index (χ4n) is 1.63. The van der Waals surface area contributed by atoms with Gasteiger partial charge in [-0.2, -0.15) is 0 Å². The maximum Gasteiger partial charge on any atom is 0.469 e. The summed E-state index contributed by atoms with van der Waals surface area (Å²) >= 11 is 0. The molecule has 25 heavy (non-hydrogen) atoms. The highest BCUT2D eigenvalue weighted by Crippen LogP contribution is 2.35. The minimum atomic E-state index is -4.89. The summed E-state index contributed by atoms with van der Waals surface area (Å²) in [5, 5.41) is 28.5. The number of esters is 1.